The van der Waals surface area contributed by atoms with E-state index >= 15 is 0 Å². The molecule has 0 saturated heterocycles. The third kappa shape index (κ3) is 6.03. The van der Waals surface area contributed by atoms with Gasteiger partial charge in [0.2, 0.25) is 5.91 Å². The summed E-state index contributed by atoms with van der Waals surface area (Å²) in [5, 5.41) is 14.3. The molecule has 2 rings (SSSR count). The molecule has 2 aromatic carbocycles. The molecular formula is C19H20N2O5S. The molecule has 0 aliphatic rings. The molecule has 27 heavy (non-hydrogen) atoms. The van der Waals surface area contributed by atoms with Gasteiger partial charge in [-0.05, 0) is 30.7 Å². The maximum Gasteiger partial charge on any atom is 0.326 e. The number of carboxylic acids is 1. The van der Waals surface area contributed by atoms with E-state index < -0.39 is 28.7 Å². The number of para-hydroxylation sites is 1. The molecule has 0 aliphatic heterocycles. The first-order valence-corrected chi connectivity index (χ1v) is 9.54. The highest BCUT2D eigenvalue weighted by Crippen LogP contribution is 2.15. The maximum atomic E-state index is 12.5. The fraction of sp³-hybridized carbons (Fsp3) is 0.211. The van der Waals surface area contributed by atoms with E-state index in [1.165, 1.54) is 13.0 Å². The Morgan fingerprint density at radius 1 is 1.04 bits per heavy atom. The standard InChI is InChI=1S/C19H20N2O5S/c1-13(22)20-16-10-6-5-9-15(16)18(23)21-17(19(24)25)11-12-27(26)14-7-3-2-4-8-14/h2-10,17H,11-12H2,1H3,(H,20,22)(H,21,23)(H,24,25)/t17-,27+/m0/s1. The second-order valence-electron chi connectivity index (χ2n) is 5.74. The van der Waals surface area contributed by atoms with Crippen LogP contribution in [0, 0.1) is 0 Å². The summed E-state index contributed by atoms with van der Waals surface area (Å²) in [6.45, 7) is 1.31. The zero-order valence-corrected chi connectivity index (χ0v) is 15.5. The molecule has 0 saturated carbocycles. The Bertz CT molecular complexity index is 854. The van der Waals surface area contributed by atoms with Gasteiger partial charge in [0.05, 0.1) is 22.1 Å². The monoisotopic (exact) mass is 388 g/mol. The van der Waals surface area contributed by atoms with Crippen LogP contribution in [-0.2, 0) is 20.4 Å². The van der Waals surface area contributed by atoms with Gasteiger partial charge in [-0.3, -0.25) is 13.8 Å². The molecule has 0 spiro atoms. The van der Waals surface area contributed by atoms with Gasteiger partial charge in [0.1, 0.15) is 6.04 Å². The fourth-order valence-corrected chi connectivity index (χ4v) is 3.53. The summed E-state index contributed by atoms with van der Waals surface area (Å²) in [5.41, 5.74) is 0.447. The van der Waals surface area contributed by atoms with E-state index in [-0.39, 0.29) is 23.6 Å². The van der Waals surface area contributed by atoms with E-state index in [0.717, 1.165) is 0 Å². The number of rotatable bonds is 8. The fourth-order valence-electron chi connectivity index (χ4n) is 2.39. The van der Waals surface area contributed by atoms with Crippen molar-refractivity contribution in [3.05, 3.63) is 60.2 Å². The lowest BCUT2D eigenvalue weighted by molar-refractivity contribution is -0.139. The molecule has 0 aromatic heterocycles. The molecular weight excluding hydrogens is 368 g/mol. The smallest absolute Gasteiger partial charge is 0.326 e. The minimum Gasteiger partial charge on any atom is -0.480 e. The molecule has 142 valence electrons. The maximum absolute atomic E-state index is 12.5. The number of hydrogen-bond donors (Lipinski definition) is 3. The molecule has 2 amide bonds. The van der Waals surface area contributed by atoms with Crippen molar-refractivity contribution in [1.29, 1.82) is 0 Å². The van der Waals surface area contributed by atoms with Crippen LogP contribution in [0.2, 0.25) is 0 Å². The molecule has 0 bridgehead atoms. The topological polar surface area (TPSA) is 113 Å². The first kappa shape index (κ1) is 20.3. The molecule has 0 radical (unpaired) electrons. The van der Waals surface area contributed by atoms with Crippen molar-refractivity contribution in [2.75, 3.05) is 11.1 Å². The van der Waals surface area contributed by atoms with E-state index in [9.17, 15) is 23.7 Å². The van der Waals surface area contributed by atoms with E-state index in [4.69, 9.17) is 0 Å². The van der Waals surface area contributed by atoms with Crippen LogP contribution >= 0.6 is 0 Å². The third-order valence-electron chi connectivity index (χ3n) is 3.68. The average molecular weight is 388 g/mol. The van der Waals surface area contributed by atoms with Crippen LogP contribution in [0.25, 0.3) is 0 Å². The second-order valence-corrected chi connectivity index (χ2v) is 7.31. The van der Waals surface area contributed by atoms with Crippen LogP contribution in [0.1, 0.15) is 23.7 Å². The van der Waals surface area contributed by atoms with Gasteiger partial charge >= 0.3 is 5.97 Å². The predicted molar refractivity (Wildman–Crippen MR) is 102 cm³/mol. The first-order chi connectivity index (χ1) is 12.9. The lowest BCUT2D eigenvalue weighted by Gasteiger charge is -2.16. The minimum absolute atomic E-state index is 0.00484. The summed E-state index contributed by atoms with van der Waals surface area (Å²) >= 11 is 0. The summed E-state index contributed by atoms with van der Waals surface area (Å²) in [6, 6.07) is 13.8. The Morgan fingerprint density at radius 3 is 2.30 bits per heavy atom. The molecule has 8 heteroatoms. The molecule has 3 N–H and O–H groups in total. The van der Waals surface area contributed by atoms with Gasteiger partial charge in [-0.2, -0.15) is 0 Å². The third-order valence-corrected chi connectivity index (χ3v) is 5.09. The molecule has 0 heterocycles. The van der Waals surface area contributed by atoms with Crippen LogP contribution in [0.5, 0.6) is 0 Å². The second kappa shape index (κ2) is 9.63. The van der Waals surface area contributed by atoms with Gasteiger partial charge in [0.15, 0.2) is 0 Å². The number of hydrogen-bond acceptors (Lipinski definition) is 4. The Balaban J connectivity index is 2.06. The van der Waals surface area contributed by atoms with Gasteiger partial charge in [0, 0.05) is 17.6 Å². The lowest BCUT2D eigenvalue weighted by Crippen LogP contribution is -2.41. The zero-order chi connectivity index (χ0) is 19.8. The van der Waals surface area contributed by atoms with Gasteiger partial charge in [-0.1, -0.05) is 30.3 Å². The summed E-state index contributed by atoms with van der Waals surface area (Å²) in [6.07, 6.45) is 0.00484. The molecule has 0 unspecified atom stereocenters. The normalized spacial score (nSPS) is 12.6. The highest BCUT2D eigenvalue weighted by Gasteiger charge is 2.23. The van der Waals surface area contributed by atoms with Crippen molar-refractivity contribution < 1.29 is 23.7 Å². The Kier molecular flexibility index (Phi) is 7.25. The highest BCUT2D eigenvalue weighted by atomic mass is 32.2. The molecule has 0 aliphatic carbocycles. The van der Waals surface area contributed by atoms with E-state index in [1.54, 1.807) is 48.5 Å². The van der Waals surface area contributed by atoms with E-state index in [2.05, 4.69) is 10.6 Å². The van der Waals surface area contributed by atoms with Gasteiger partial charge in [-0.15, -0.1) is 0 Å². The van der Waals surface area contributed by atoms with Gasteiger partial charge in [-0.25, -0.2) is 4.79 Å². The van der Waals surface area contributed by atoms with Crippen LogP contribution < -0.4 is 10.6 Å². The van der Waals surface area contributed by atoms with Crippen molar-refractivity contribution in [3.63, 3.8) is 0 Å². The SMILES string of the molecule is CC(=O)Nc1ccccc1C(=O)N[C@@H](CC[S@@](=O)c1ccccc1)C(=O)O. The zero-order valence-electron chi connectivity index (χ0n) is 14.7. The van der Waals surface area contributed by atoms with Crippen molar-refractivity contribution in [2.45, 2.75) is 24.3 Å². The Hall–Kier alpha value is -3.00. The lowest BCUT2D eigenvalue weighted by atomic mass is 10.1. The van der Waals surface area contributed by atoms with Crippen LogP contribution in [0.15, 0.2) is 59.5 Å². The molecule has 2 atom stereocenters. The first-order valence-electron chi connectivity index (χ1n) is 8.22. The number of anilines is 1. The van der Waals surface area contributed by atoms with Crippen molar-refractivity contribution in [3.8, 4) is 0 Å². The quantitative estimate of drug-likeness (QED) is 0.640. The van der Waals surface area contributed by atoms with Gasteiger partial charge < -0.3 is 15.7 Å². The van der Waals surface area contributed by atoms with Gasteiger partial charge in [0.25, 0.3) is 5.91 Å². The number of aliphatic carboxylic acids is 1. The largest absolute Gasteiger partial charge is 0.480 e. The van der Waals surface area contributed by atoms with Crippen LogP contribution in [0.3, 0.4) is 0 Å². The summed E-state index contributed by atoms with van der Waals surface area (Å²) < 4.78 is 12.3. The minimum atomic E-state index is -1.36. The number of carbonyl (C=O) groups is 3. The number of carbonyl (C=O) groups excluding carboxylic acids is 2. The summed E-state index contributed by atoms with van der Waals surface area (Å²) in [4.78, 5) is 35.8. The average Bonchev–Trinajstić information content (AvgIpc) is 2.65. The van der Waals surface area contributed by atoms with Crippen molar-refractivity contribution in [1.82, 2.24) is 5.32 Å². The number of nitrogens with one attached hydrogen (secondary N) is 2. The Labute approximate surface area is 159 Å². The Morgan fingerprint density at radius 2 is 1.67 bits per heavy atom. The van der Waals surface area contributed by atoms with E-state index in [0.29, 0.717) is 10.6 Å². The van der Waals surface area contributed by atoms with E-state index in [1.807, 2.05) is 0 Å². The van der Waals surface area contributed by atoms with Crippen molar-refractivity contribution in [2.24, 2.45) is 0 Å². The molecule has 2 aromatic rings. The predicted octanol–water partition coefficient (Wildman–Crippen LogP) is 2.03. The molecule has 0 fully saturated rings. The molecule has 7 nitrogen and oxygen atoms in total. The number of carboxylic acid groups (broad SMARTS) is 1. The number of amides is 2. The summed E-state index contributed by atoms with van der Waals surface area (Å²) in [7, 11) is -1.36. The van der Waals surface area contributed by atoms with Crippen LogP contribution in [0.4, 0.5) is 5.69 Å². The van der Waals surface area contributed by atoms with Crippen LogP contribution in [-0.4, -0.2) is 38.9 Å². The highest BCUT2D eigenvalue weighted by molar-refractivity contribution is 7.85. The number of benzene rings is 2. The summed E-state index contributed by atoms with van der Waals surface area (Å²) in [5.74, 6) is -2.10. The van der Waals surface area contributed by atoms with Crippen molar-refractivity contribution >= 4 is 34.3 Å².